The van der Waals surface area contributed by atoms with E-state index in [-0.39, 0.29) is 0 Å². The van der Waals surface area contributed by atoms with Gasteiger partial charge in [-0.2, -0.15) is 0 Å². The largest absolute Gasteiger partial charge is 0.0654 e. The van der Waals surface area contributed by atoms with Gasteiger partial charge in [0.15, 0.2) is 0 Å². The fraction of sp³-hybridized carbons (Fsp3) is 0.786. The molecule has 0 heterocycles. The molecule has 0 aliphatic rings. The Morgan fingerprint density at radius 3 is 1.29 bits per heavy atom. The van der Waals surface area contributed by atoms with Crippen LogP contribution < -0.4 is 0 Å². The summed E-state index contributed by atoms with van der Waals surface area (Å²) in [7, 11) is 0. The molecule has 0 nitrogen and oxygen atoms in total. The monoisotopic (exact) mass is 386 g/mol. The van der Waals surface area contributed by atoms with Crippen LogP contribution in [0.15, 0.2) is 12.1 Å². The molecule has 0 spiro atoms. The highest BCUT2D eigenvalue weighted by Crippen LogP contribution is 2.26. The normalized spacial score (nSPS) is 11.3. The van der Waals surface area contributed by atoms with Crippen molar-refractivity contribution in [3.8, 4) is 0 Å². The van der Waals surface area contributed by atoms with Crippen LogP contribution in [-0.2, 0) is 25.7 Å². The summed E-state index contributed by atoms with van der Waals surface area (Å²) in [5, 5.41) is 0. The van der Waals surface area contributed by atoms with Gasteiger partial charge in [-0.25, -0.2) is 0 Å². The molecule has 0 aliphatic heterocycles. The van der Waals surface area contributed by atoms with Gasteiger partial charge in [0, 0.05) is 0 Å². The Labute approximate surface area is 177 Å². The number of unbranched alkanes of at least 4 members (excludes halogenated alkanes) is 10. The second kappa shape index (κ2) is 17.1. The molecule has 0 heteroatoms. The first-order chi connectivity index (χ1) is 13.8. The van der Waals surface area contributed by atoms with Crippen LogP contribution in [-0.4, -0.2) is 0 Å². The fourth-order valence-corrected chi connectivity index (χ4v) is 4.38. The van der Waals surface area contributed by atoms with E-state index in [1.807, 2.05) is 0 Å². The van der Waals surface area contributed by atoms with E-state index < -0.39 is 0 Å². The summed E-state index contributed by atoms with van der Waals surface area (Å²) >= 11 is 0. The quantitative estimate of drug-likeness (QED) is 0.220. The van der Waals surface area contributed by atoms with Gasteiger partial charge >= 0.3 is 0 Å². The van der Waals surface area contributed by atoms with Crippen LogP contribution in [0.4, 0.5) is 0 Å². The standard InChI is InChI=1S/C28H50/c1-5-9-13-16-20-26-23-25(19-12-8-4)24-27(21-17-14-10-6-2)28(26)22-18-15-11-7-3/h23-24H,5-22H2,1-4H3. The van der Waals surface area contributed by atoms with Crippen molar-refractivity contribution in [2.75, 3.05) is 0 Å². The van der Waals surface area contributed by atoms with Gasteiger partial charge in [-0.1, -0.05) is 104 Å². The third kappa shape index (κ3) is 10.7. The Morgan fingerprint density at radius 1 is 0.429 bits per heavy atom. The number of aryl methyl sites for hydroxylation is 3. The summed E-state index contributed by atoms with van der Waals surface area (Å²) < 4.78 is 0. The van der Waals surface area contributed by atoms with Gasteiger partial charge in [0.25, 0.3) is 0 Å². The lowest BCUT2D eigenvalue weighted by Gasteiger charge is -2.18. The molecule has 0 unspecified atom stereocenters. The minimum atomic E-state index is 1.27. The average Bonchev–Trinajstić information content (AvgIpc) is 2.71. The Kier molecular flexibility index (Phi) is 15.4. The summed E-state index contributed by atoms with van der Waals surface area (Å²) in [5.74, 6) is 0. The summed E-state index contributed by atoms with van der Waals surface area (Å²) in [5.41, 5.74) is 6.80. The van der Waals surface area contributed by atoms with Crippen LogP contribution in [0.1, 0.15) is 140 Å². The molecule has 1 rings (SSSR count). The smallest absolute Gasteiger partial charge is 0.0273 e. The number of benzene rings is 1. The molecular weight excluding hydrogens is 336 g/mol. The van der Waals surface area contributed by atoms with Crippen molar-refractivity contribution in [2.45, 2.75) is 143 Å². The van der Waals surface area contributed by atoms with Crippen LogP contribution in [0.25, 0.3) is 0 Å². The second-order valence-electron chi connectivity index (χ2n) is 8.93. The van der Waals surface area contributed by atoms with E-state index in [0.717, 1.165) is 0 Å². The average molecular weight is 387 g/mol. The zero-order chi connectivity index (χ0) is 20.5. The number of rotatable bonds is 18. The molecule has 0 aromatic heterocycles. The molecule has 28 heavy (non-hydrogen) atoms. The topological polar surface area (TPSA) is 0 Å². The first kappa shape index (κ1) is 25.3. The third-order valence-corrected chi connectivity index (χ3v) is 6.19. The van der Waals surface area contributed by atoms with E-state index in [9.17, 15) is 0 Å². The minimum absolute atomic E-state index is 1.27. The maximum absolute atomic E-state index is 2.60. The molecule has 0 radical (unpaired) electrons. The highest BCUT2D eigenvalue weighted by molar-refractivity contribution is 5.40. The van der Waals surface area contributed by atoms with Gasteiger partial charge < -0.3 is 0 Å². The predicted octanol–water partition coefficient (Wildman–Crippen LogP) is 9.40. The first-order valence-electron chi connectivity index (χ1n) is 12.9. The minimum Gasteiger partial charge on any atom is -0.0654 e. The Morgan fingerprint density at radius 2 is 0.857 bits per heavy atom. The van der Waals surface area contributed by atoms with E-state index in [2.05, 4.69) is 39.8 Å². The second-order valence-corrected chi connectivity index (χ2v) is 8.93. The molecule has 0 saturated carbocycles. The van der Waals surface area contributed by atoms with E-state index in [4.69, 9.17) is 0 Å². The van der Waals surface area contributed by atoms with E-state index in [1.54, 1.807) is 22.3 Å². The number of hydrogen-bond acceptors (Lipinski definition) is 0. The zero-order valence-electron chi connectivity index (χ0n) is 19.9. The molecule has 1 aromatic rings. The maximum Gasteiger partial charge on any atom is -0.0273 e. The lowest BCUT2D eigenvalue weighted by molar-refractivity contribution is 0.638. The van der Waals surface area contributed by atoms with Gasteiger partial charge in [-0.05, 0) is 73.6 Å². The lowest BCUT2D eigenvalue weighted by atomic mass is 9.87. The van der Waals surface area contributed by atoms with Crippen molar-refractivity contribution in [1.29, 1.82) is 0 Å². The highest BCUT2D eigenvalue weighted by atomic mass is 14.2. The van der Waals surface area contributed by atoms with E-state index >= 15 is 0 Å². The molecular formula is C28H50. The van der Waals surface area contributed by atoms with Crippen molar-refractivity contribution >= 4 is 0 Å². The predicted molar refractivity (Wildman–Crippen MR) is 129 cm³/mol. The van der Waals surface area contributed by atoms with Gasteiger partial charge in [0.2, 0.25) is 0 Å². The maximum atomic E-state index is 2.60. The molecule has 162 valence electrons. The third-order valence-electron chi connectivity index (χ3n) is 6.19. The summed E-state index contributed by atoms with van der Waals surface area (Å²) in [4.78, 5) is 0. The molecule has 0 aliphatic carbocycles. The van der Waals surface area contributed by atoms with Crippen LogP contribution in [0.2, 0.25) is 0 Å². The van der Waals surface area contributed by atoms with Crippen LogP contribution in [0.5, 0.6) is 0 Å². The van der Waals surface area contributed by atoms with Crippen molar-refractivity contribution < 1.29 is 0 Å². The SMILES string of the molecule is CCCCCCc1cc(CCCC)cc(CCCCCC)c1CCCCCC. The van der Waals surface area contributed by atoms with Crippen LogP contribution in [0.3, 0.4) is 0 Å². The van der Waals surface area contributed by atoms with E-state index in [0.29, 0.717) is 0 Å². The van der Waals surface area contributed by atoms with Gasteiger partial charge in [-0.3, -0.25) is 0 Å². The number of hydrogen-bond donors (Lipinski definition) is 0. The zero-order valence-corrected chi connectivity index (χ0v) is 19.9. The van der Waals surface area contributed by atoms with Crippen molar-refractivity contribution in [2.24, 2.45) is 0 Å². The van der Waals surface area contributed by atoms with Gasteiger partial charge in [0.1, 0.15) is 0 Å². The Balaban J connectivity index is 2.96. The van der Waals surface area contributed by atoms with Crippen molar-refractivity contribution in [3.63, 3.8) is 0 Å². The molecule has 0 amide bonds. The van der Waals surface area contributed by atoms with Gasteiger partial charge in [-0.15, -0.1) is 0 Å². The molecule has 0 fully saturated rings. The Bertz CT molecular complexity index is 452. The van der Waals surface area contributed by atoms with Gasteiger partial charge in [0.05, 0.1) is 0 Å². The summed E-state index contributed by atoms with van der Waals surface area (Å²) in [6.45, 7) is 9.28. The van der Waals surface area contributed by atoms with E-state index in [1.165, 1.54) is 116 Å². The lowest BCUT2D eigenvalue weighted by Crippen LogP contribution is -2.04. The van der Waals surface area contributed by atoms with Crippen molar-refractivity contribution in [3.05, 3.63) is 34.4 Å². The highest BCUT2D eigenvalue weighted by Gasteiger charge is 2.11. The first-order valence-corrected chi connectivity index (χ1v) is 12.9. The molecule has 0 N–H and O–H groups in total. The molecule has 0 bridgehead atoms. The summed E-state index contributed by atoms with van der Waals surface area (Å²) in [6, 6.07) is 5.21. The Hall–Kier alpha value is -0.780. The molecule has 0 atom stereocenters. The molecule has 0 saturated heterocycles. The summed E-state index contributed by atoms with van der Waals surface area (Å²) in [6.07, 6.45) is 24.4. The molecule has 1 aromatic carbocycles. The van der Waals surface area contributed by atoms with Crippen LogP contribution in [0, 0.1) is 0 Å². The fourth-order valence-electron chi connectivity index (χ4n) is 4.38. The van der Waals surface area contributed by atoms with Crippen LogP contribution >= 0.6 is 0 Å². The van der Waals surface area contributed by atoms with Crippen molar-refractivity contribution in [1.82, 2.24) is 0 Å².